The highest BCUT2D eigenvalue weighted by molar-refractivity contribution is 5.75. The Morgan fingerprint density at radius 1 is 1.47 bits per heavy atom. The van der Waals surface area contributed by atoms with Gasteiger partial charge in [0.15, 0.2) is 0 Å². The van der Waals surface area contributed by atoms with Crippen molar-refractivity contribution in [2.45, 2.75) is 38.4 Å². The Morgan fingerprint density at radius 2 is 2.21 bits per heavy atom. The molecule has 0 aromatic rings. The summed E-state index contributed by atoms with van der Waals surface area (Å²) in [7, 11) is 0. The van der Waals surface area contributed by atoms with Crippen molar-refractivity contribution in [1.29, 1.82) is 0 Å². The molecule has 1 saturated heterocycles. The van der Waals surface area contributed by atoms with E-state index >= 15 is 0 Å². The van der Waals surface area contributed by atoms with Gasteiger partial charge >= 0.3 is 6.18 Å². The molecule has 1 fully saturated rings. The Labute approximate surface area is 111 Å². The number of rotatable bonds is 6. The summed E-state index contributed by atoms with van der Waals surface area (Å²) < 4.78 is 39.7. The number of piperidine rings is 1. The highest BCUT2D eigenvalue weighted by Gasteiger charge is 2.27. The molecule has 0 aromatic heterocycles. The summed E-state index contributed by atoms with van der Waals surface area (Å²) in [5.74, 6) is 0.220. The number of alkyl halides is 3. The monoisotopic (exact) mass is 282 g/mol. The molecule has 4 nitrogen and oxygen atoms in total. The van der Waals surface area contributed by atoms with Gasteiger partial charge in [0.2, 0.25) is 5.91 Å². The van der Waals surface area contributed by atoms with Crippen LogP contribution in [0.2, 0.25) is 0 Å². The number of carbonyl (C=O) groups is 1. The van der Waals surface area contributed by atoms with Crippen molar-refractivity contribution in [3.05, 3.63) is 0 Å². The number of ether oxygens (including phenoxy) is 1. The predicted octanol–water partition coefficient (Wildman–Crippen LogP) is 1.46. The van der Waals surface area contributed by atoms with Crippen molar-refractivity contribution in [2.75, 3.05) is 26.3 Å². The highest BCUT2D eigenvalue weighted by atomic mass is 19.4. The number of halogens is 3. The number of nitrogens with one attached hydrogen (secondary N) is 2. The van der Waals surface area contributed by atoms with Crippen LogP contribution in [0, 0.1) is 5.92 Å². The lowest BCUT2D eigenvalue weighted by atomic mass is 9.93. The Hall–Kier alpha value is -0.820. The zero-order valence-electron chi connectivity index (χ0n) is 11.1. The first-order chi connectivity index (χ1) is 8.88. The minimum absolute atomic E-state index is 0.0445. The summed E-state index contributed by atoms with van der Waals surface area (Å²) >= 11 is 0. The zero-order valence-corrected chi connectivity index (χ0v) is 11.1. The highest BCUT2D eigenvalue weighted by Crippen LogP contribution is 2.15. The second-order valence-corrected chi connectivity index (χ2v) is 4.90. The molecule has 7 heteroatoms. The lowest BCUT2D eigenvalue weighted by molar-refractivity contribution is -0.174. The van der Waals surface area contributed by atoms with Gasteiger partial charge in [-0.05, 0) is 25.3 Å². The van der Waals surface area contributed by atoms with Crippen molar-refractivity contribution >= 4 is 5.91 Å². The third kappa shape index (κ3) is 7.37. The van der Waals surface area contributed by atoms with Crippen LogP contribution in [0.15, 0.2) is 0 Å². The van der Waals surface area contributed by atoms with E-state index in [9.17, 15) is 18.0 Å². The molecule has 0 aliphatic carbocycles. The maximum Gasteiger partial charge on any atom is 0.411 e. The Kier molecular flexibility index (Phi) is 6.57. The molecule has 112 valence electrons. The molecule has 0 spiro atoms. The van der Waals surface area contributed by atoms with Crippen LogP contribution in [-0.2, 0) is 9.53 Å². The second kappa shape index (κ2) is 7.69. The summed E-state index contributed by atoms with van der Waals surface area (Å²) in [6, 6.07) is 0.244. The van der Waals surface area contributed by atoms with Crippen molar-refractivity contribution in [3.8, 4) is 0 Å². The van der Waals surface area contributed by atoms with Gasteiger partial charge in [0.25, 0.3) is 0 Å². The van der Waals surface area contributed by atoms with Gasteiger partial charge in [-0.25, -0.2) is 0 Å². The van der Waals surface area contributed by atoms with Crippen LogP contribution in [0.25, 0.3) is 0 Å². The largest absolute Gasteiger partial charge is 0.411 e. The fraction of sp³-hybridized carbons (Fsp3) is 0.917. The van der Waals surface area contributed by atoms with Crippen LogP contribution in [0.1, 0.15) is 26.2 Å². The number of hydrogen-bond donors (Lipinski definition) is 2. The Morgan fingerprint density at radius 3 is 2.84 bits per heavy atom. The molecule has 1 rings (SSSR count). The molecule has 0 saturated carbocycles. The van der Waals surface area contributed by atoms with E-state index in [1.165, 1.54) is 0 Å². The van der Waals surface area contributed by atoms with Gasteiger partial charge in [-0.15, -0.1) is 0 Å². The maximum atomic E-state index is 11.8. The average molecular weight is 282 g/mol. The topological polar surface area (TPSA) is 50.4 Å². The quantitative estimate of drug-likeness (QED) is 0.725. The van der Waals surface area contributed by atoms with E-state index in [0.29, 0.717) is 12.5 Å². The zero-order chi connectivity index (χ0) is 14.3. The minimum Gasteiger partial charge on any atom is -0.372 e. The van der Waals surface area contributed by atoms with Crippen LogP contribution < -0.4 is 10.6 Å². The van der Waals surface area contributed by atoms with Crippen molar-refractivity contribution in [1.82, 2.24) is 10.6 Å². The van der Waals surface area contributed by atoms with Gasteiger partial charge in [-0.2, -0.15) is 13.2 Å². The first-order valence-corrected chi connectivity index (χ1v) is 6.53. The van der Waals surface area contributed by atoms with Gasteiger partial charge in [0.1, 0.15) is 6.61 Å². The van der Waals surface area contributed by atoms with E-state index < -0.39 is 12.8 Å². The number of hydrogen-bond acceptors (Lipinski definition) is 3. The van der Waals surface area contributed by atoms with E-state index in [2.05, 4.69) is 22.3 Å². The van der Waals surface area contributed by atoms with Gasteiger partial charge in [-0.3, -0.25) is 4.79 Å². The summed E-state index contributed by atoms with van der Waals surface area (Å²) in [4.78, 5) is 11.4. The van der Waals surface area contributed by atoms with Crippen molar-refractivity contribution < 1.29 is 22.7 Å². The first kappa shape index (κ1) is 16.2. The van der Waals surface area contributed by atoms with E-state index in [4.69, 9.17) is 0 Å². The molecule has 0 bridgehead atoms. The minimum atomic E-state index is -4.34. The SMILES string of the molecule is CC1CCCNC1CNC(=O)CCOCC(F)(F)F. The van der Waals surface area contributed by atoms with Gasteiger partial charge in [-0.1, -0.05) is 6.92 Å². The maximum absolute atomic E-state index is 11.8. The number of amides is 1. The molecule has 1 aliphatic rings. The van der Waals surface area contributed by atoms with Crippen LogP contribution >= 0.6 is 0 Å². The normalized spacial score (nSPS) is 24.2. The van der Waals surface area contributed by atoms with E-state index in [-0.39, 0.29) is 25.0 Å². The van der Waals surface area contributed by atoms with E-state index in [1.54, 1.807) is 0 Å². The molecule has 1 amide bonds. The van der Waals surface area contributed by atoms with Crippen LogP contribution in [0.3, 0.4) is 0 Å². The molecule has 0 aromatic carbocycles. The first-order valence-electron chi connectivity index (χ1n) is 6.53. The van der Waals surface area contributed by atoms with E-state index in [0.717, 1.165) is 19.4 Å². The molecular weight excluding hydrogens is 261 g/mol. The van der Waals surface area contributed by atoms with Crippen LogP contribution in [-0.4, -0.2) is 44.4 Å². The van der Waals surface area contributed by atoms with Gasteiger partial charge in [0.05, 0.1) is 6.61 Å². The molecule has 2 atom stereocenters. The third-order valence-electron chi connectivity index (χ3n) is 3.19. The van der Waals surface area contributed by atoms with Crippen LogP contribution in [0.4, 0.5) is 13.2 Å². The molecule has 0 radical (unpaired) electrons. The van der Waals surface area contributed by atoms with Crippen LogP contribution in [0.5, 0.6) is 0 Å². The summed E-state index contributed by atoms with van der Waals surface area (Å²) in [5, 5.41) is 6.03. The van der Waals surface area contributed by atoms with E-state index in [1.807, 2.05) is 0 Å². The lowest BCUT2D eigenvalue weighted by Crippen LogP contribution is -2.47. The van der Waals surface area contributed by atoms with Crippen molar-refractivity contribution in [3.63, 3.8) is 0 Å². The standard InChI is InChI=1S/C12H21F3N2O2/c1-9-3-2-5-16-10(9)7-17-11(18)4-6-19-8-12(13,14)15/h9-10,16H,2-8H2,1H3,(H,17,18). The Balaban J connectivity index is 2.07. The fourth-order valence-electron chi connectivity index (χ4n) is 2.05. The smallest absolute Gasteiger partial charge is 0.372 e. The summed E-state index contributed by atoms with van der Waals surface area (Å²) in [6.07, 6.45) is -2.12. The Bertz CT molecular complexity index is 285. The summed E-state index contributed by atoms with van der Waals surface area (Å²) in [6.45, 7) is 2.06. The number of carbonyl (C=O) groups excluding carboxylic acids is 1. The lowest BCUT2D eigenvalue weighted by Gasteiger charge is -2.30. The predicted molar refractivity (Wildman–Crippen MR) is 64.7 cm³/mol. The van der Waals surface area contributed by atoms with Gasteiger partial charge in [0, 0.05) is 19.0 Å². The molecule has 1 aliphatic heterocycles. The van der Waals surface area contributed by atoms with Crippen molar-refractivity contribution in [2.24, 2.45) is 5.92 Å². The molecule has 2 unspecified atom stereocenters. The second-order valence-electron chi connectivity index (χ2n) is 4.90. The molecule has 2 N–H and O–H groups in total. The summed E-state index contributed by atoms with van der Waals surface area (Å²) in [5.41, 5.74) is 0. The molecule has 1 heterocycles. The fourth-order valence-corrected chi connectivity index (χ4v) is 2.05. The van der Waals surface area contributed by atoms with Gasteiger partial charge < -0.3 is 15.4 Å². The average Bonchev–Trinajstić information content (AvgIpc) is 2.32. The molecule has 19 heavy (non-hydrogen) atoms. The molecular formula is C12H21F3N2O2. The third-order valence-corrected chi connectivity index (χ3v) is 3.19.